The average molecular weight is 522 g/mol. The van der Waals surface area contributed by atoms with Crippen LogP contribution in [-0.2, 0) is 9.59 Å². The van der Waals surface area contributed by atoms with Crippen LogP contribution in [0.5, 0.6) is 5.75 Å². The third kappa shape index (κ3) is 6.49. The first-order valence-corrected chi connectivity index (χ1v) is 12.0. The summed E-state index contributed by atoms with van der Waals surface area (Å²) in [6, 6.07) is 23.7. The van der Waals surface area contributed by atoms with Crippen LogP contribution in [0, 0.1) is 0 Å². The van der Waals surface area contributed by atoms with E-state index in [1.807, 2.05) is 47.0 Å². The second-order valence-electron chi connectivity index (χ2n) is 7.29. The topological polar surface area (TPSA) is 119 Å². The molecule has 0 bridgehead atoms. The lowest BCUT2D eigenvalue weighted by Gasteiger charge is -2.10. The fraction of sp³-hybridized carbons (Fsp3) is 0.0800. The van der Waals surface area contributed by atoms with Gasteiger partial charge in [-0.25, -0.2) is 10.2 Å². The molecule has 0 radical (unpaired) electrons. The summed E-state index contributed by atoms with van der Waals surface area (Å²) < 4.78 is 7.10. The molecule has 0 saturated carbocycles. The van der Waals surface area contributed by atoms with Crippen molar-refractivity contribution in [2.75, 3.05) is 12.4 Å². The minimum atomic E-state index is -1.09. The summed E-state index contributed by atoms with van der Waals surface area (Å²) in [6.45, 7) is -0.478. The van der Waals surface area contributed by atoms with Gasteiger partial charge in [-0.3, -0.25) is 9.36 Å². The van der Waals surface area contributed by atoms with E-state index in [0.717, 1.165) is 11.3 Å². The minimum Gasteiger partial charge on any atom is -0.481 e. The van der Waals surface area contributed by atoms with Crippen LogP contribution in [0.2, 0.25) is 5.02 Å². The van der Waals surface area contributed by atoms with Crippen LogP contribution in [0.3, 0.4) is 0 Å². The molecule has 182 valence electrons. The molecule has 3 aromatic carbocycles. The van der Waals surface area contributed by atoms with Gasteiger partial charge < -0.3 is 9.84 Å². The number of nitrogens with one attached hydrogen (secondary N) is 1. The van der Waals surface area contributed by atoms with Crippen molar-refractivity contribution >= 4 is 41.5 Å². The van der Waals surface area contributed by atoms with Crippen molar-refractivity contribution in [2.45, 2.75) is 5.16 Å². The molecule has 36 heavy (non-hydrogen) atoms. The van der Waals surface area contributed by atoms with Crippen molar-refractivity contribution in [1.29, 1.82) is 0 Å². The van der Waals surface area contributed by atoms with E-state index < -0.39 is 12.6 Å². The second kappa shape index (κ2) is 12.0. The number of hydrogen-bond donors (Lipinski definition) is 2. The van der Waals surface area contributed by atoms with Crippen LogP contribution >= 0.6 is 23.4 Å². The lowest BCUT2D eigenvalue weighted by Crippen LogP contribution is -2.20. The van der Waals surface area contributed by atoms with Crippen molar-refractivity contribution in [1.82, 2.24) is 20.2 Å². The number of carboxylic acid groups (broad SMARTS) is 1. The highest BCUT2D eigenvalue weighted by Gasteiger charge is 2.17. The molecule has 0 spiro atoms. The van der Waals surface area contributed by atoms with Gasteiger partial charge in [-0.1, -0.05) is 53.7 Å². The highest BCUT2D eigenvalue weighted by atomic mass is 35.5. The van der Waals surface area contributed by atoms with Crippen LogP contribution in [0.15, 0.2) is 89.1 Å². The predicted molar refractivity (Wildman–Crippen MR) is 138 cm³/mol. The van der Waals surface area contributed by atoms with Gasteiger partial charge in [0.05, 0.1) is 12.0 Å². The molecule has 1 amide bonds. The fourth-order valence-electron chi connectivity index (χ4n) is 3.15. The number of carbonyl (C=O) groups is 2. The van der Waals surface area contributed by atoms with E-state index >= 15 is 0 Å². The summed E-state index contributed by atoms with van der Waals surface area (Å²) in [5.41, 5.74) is 4.68. The summed E-state index contributed by atoms with van der Waals surface area (Å²) in [5, 5.41) is 22.6. The van der Waals surface area contributed by atoms with Crippen molar-refractivity contribution in [2.24, 2.45) is 5.10 Å². The monoisotopic (exact) mass is 521 g/mol. The number of hydrogen-bond acceptors (Lipinski definition) is 7. The number of carbonyl (C=O) groups excluding carboxylic acids is 1. The number of para-hydroxylation sites is 2. The van der Waals surface area contributed by atoms with Gasteiger partial charge in [0.1, 0.15) is 5.75 Å². The van der Waals surface area contributed by atoms with Gasteiger partial charge >= 0.3 is 5.97 Å². The van der Waals surface area contributed by atoms with Crippen LogP contribution in [0.1, 0.15) is 5.56 Å². The van der Waals surface area contributed by atoms with Gasteiger partial charge in [-0.05, 0) is 48.5 Å². The number of amides is 1. The van der Waals surface area contributed by atoms with E-state index in [1.165, 1.54) is 18.0 Å². The molecular formula is C25H20ClN5O4S. The van der Waals surface area contributed by atoms with E-state index in [9.17, 15) is 9.59 Å². The number of rotatable bonds is 10. The predicted octanol–water partition coefficient (Wildman–Crippen LogP) is 4.29. The van der Waals surface area contributed by atoms with E-state index in [0.29, 0.717) is 27.3 Å². The zero-order valence-corrected chi connectivity index (χ0v) is 20.3. The number of nitrogens with zero attached hydrogens (tertiary/aromatic N) is 4. The fourth-order valence-corrected chi connectivity index (χ4v) is 4.02. The number of aliphatic carboxylic acids is 1. The Morgan fingerprint density at radius 1 is 1.03 bits per heavy atom. The molecule has 0 unspecified atom stereocenters. The zero-order valence-electron chi connectivity index (χ0n) is 18.7. The van der Waals surface area contributed by atoms with Crippen LogP contribution in [0.25, 0.3) is 17.1 Å². The molecule has 1 aromatic heterocycles. The SMILES string of the molecule is O=C(O)COc1ccccc1/C=N\NC(=O)CSc1nnc(-c2ccc(Cl)cc2)n1-c1ccccc1. The first-order valence-electron chi connectivity index (χ1n) is 10.7. The van der Waals surface area contributed by atoms with Crippen LogP contribution < -0.4 is 10.2 Å². The maximum Gasteiger partial charge on any atom is 0.341 e. The van der Waals surface area contributed by atoms with Crippen LogP contribution in [-0.4, -0.2) is 50.3 Å². The minimum absolute atomic E-state index is 0.0418. The number of halogens is 1. The quantitative estimate of drug-likeness (QED) is 0.181. The van der Waals surface area contributed by atoms with Crippen molar-refractivity contribution in [3.05, 3.63) is 89.4 Å². The van der Waals surface area contributed by atoms with E-state index in [2.05, 4.69) is 20.7 Å². The van der Waals surface area contributed by atoms with Gasteiger partial charge in [0.2, 0.25) is 0 Å². The van der Waals surface area contributed by atoms with Crippen molar-refractivity contribution < 1.29 is 19.4 Å². The Hall–Kier alpha value is -4.15. The summed E-state index contributed by atoms with van der Waals surface area (Å²) in [6.07, 6.45) is 1.39. The molecule has 0 fully saturated rings. The van der Waals surface area contributed by atoms with Gasteiger partial charge in [0.25, 0.3) is 5.91 Å². The first-order chi connectivity index (χ1) is 17.5. The number of ether oxygens (including phenoxy) is 1. The average Bonchev–Trinajstić information content (AvgIpc) is 3.32. The molecule has 11 heteroatoms. The Morgan fingerprint density at radius 3 is 2.50 bits per heavy atom. The third-order valence-corrected chi connectivity index (χ3v) is 5.93. The first kappa shape index (κ1) is 25.0. The van der Waals surface area contributed by atoms with E-state index in [4.69, 9.17) is 21.4 Å². The normalized spacial score (nSPS) is 10.9. The highest BCUT2D eigenvalue weighted by molar-refractivity contribution is 7.99. The third-order valence-electron chi connectivity index (χ3n) is 4.75. The number of carboxylic acids is 1. The van der Waals surface area contributed by atoms with Gasteiger partial charge in [-0.15, -0.1) is 10.2 Å². The number of benzene rings is 3. The Balaban J connectivity index is 1.45. The summed E-state index contributed by atoms with van der Waals surface area (Å²) in [7, 11) is 0. The molecular weight excluding hydrogens is 502 g/mol. The smallest absolute Gasteiger partial charge is 0.341 e. The number of aromatic nitrogens is 3. The standard InChI is InChI=1S/C25H20ClN5O4S/c26-19-12-10-17(11-13-19)24-29-30-25(31(24)20-7-2-1-3-8-20)36-16-22(32)28-27-14-18-6-4-5-9-21(18)35-15-23(33)34/h1-14H,15-16H2,(H,28,32)(H,33,34)/b27-14-. The molecule has 9 nitrogen and oxygen atoms in total. The molecule has 0 atom stereocenters. The molecule has 0 saturated heterocycles. The highest BCUT2D eigenvalue weighted by Crippen LogP contribution is 2.28. The Kier molecular flexibility index (Phi) is 8.32. The number of thioether (sulfide) groups is 1. The molecule has 2 N–H and O–H groups in total. The van der Waals surface area contributed by atoms with Crippen molar-refractivity contribution in [3.63, 3.8) is 0 Å². The summed E-state index contributed by atoms with van der Waals surface area (Å²) in [5.74, 6) is -0.430. The zero-order chi connectivity index (χ0) is 25.3. The largest absolute Gasteiger partial charge is 0.481 e. The van der Waals surface area contributed by atoms with E-state index in [1.54, 1.807) is 36.4 Å². The van der Waals surface area contributed by atoms with Crippen molar-refractivity contribution in [3.8, 4) is 22.8 Å². The molecule has 4 rings (SSSR count). The second-order valence-corrected chi connectivity index (χ2v) is 8.67. The maximum absolute atomic E-state index is 12.4. The molecule has 1 heterocycles. The lowest BCUT2D eigenvalue weighted by molar-refractivity contribution is -0.139. The van der Waals surface area contributed by atoms with Gasteiger partial charge in [0, 0.05) is 21.8 Å². The number of hydrazone groups is 1. The Labute approximate surface area is 215 Å². The molecule has 0 aliphatic heterocycles. The van der Waals surface area contributed by atoms with Crippen LogP contribution in [0.4, 0.5) is 0 Å². The maximum atomic E-state index is 12.4. The molecule has 0 aliphatic rings. The molecule has 0 aliphatic carbocycles. The van der Waals surface area contributed by atoms with Gasteiger partial charge in [-0.2, -0.15) is 5.10 Å². The Bertz CT molecular complexity index is 1380. The Morgan fingerprint density at radius 2 is 1.75 bits per heavy atom. The summed E-state index contributed by atoms with van der Waals surface area (Å²) in [4.78, 5) is 23.2. The molecule has 4 aromatic rings. The van der Waals surface area contributed by atoms with E-state index in [-0.39, 0.29) is 11.7 Å². The lowest BCUT2D eigenvalue weighted by atomic mass is 10.2. The van der Waals surface area contributed by atoms with Gasteiger partial charge in [0.15, 0.2) is 17.6 Å². The summed E-state index contributed by atoms with van der Waals surface area (Å²) >= 11 is 7.25.